The van der Waals surface area contributed by atoms with Crippen molar-refractivity contribution in [3.8, 4) is 6.07 Å². The number of anilines is 1. The van der Waals surface area contributed by atoms with Crippen molar-refractivity contribution in [2.45, 2.75) is 37.8 Å². The molecule has 0 radical (unpaired) electrons. The van der Waals surface area contributed by atoms with Crippen molar-refractivity contribution in [1.82, 2.24) is 0 Å². The lowest BCUT2D eigenvalue weighted by Gasteiger charge is -2.35. The Hall–Kier alpha value is -1.24. The molecule has 1 aliphatic carbocycles. The van der Waals surface area contributed by atoms with E-state index < -0.39 is 0 Å². The van der Waals surface area contributed by atoms with Gasteiger partial charge in [0.1, 0.15) is 6.07 Å². The van der Waals surface area contributed by atoms with Crippen molar-refractivity contribution < 1.29 is 0 Å². The van der Waals surface area contributed by atoms with Gasteiger partial charge in [-0.25, -0.2) is 0 Å². The summed E-state index contributed by atoms with van der Waals surface area (Å²) in [6.45, 7) is 0. The van der Waals surface area contributed by atoms with E-state index >= 15 is 0 Å². The summed E-state index contributed by atoms with van der Waals surface area (Å²) in [4.78, 5) is 2.25. The highest BCUT2D eigenvalue weighted by molar-refractivity contribution is 6.32. The van der Waals surface area contributed by atoms with Crippen molar-refractivity contribution in [3.05, 3.63) is 28.8 Å². The number of nitriles is 1. The maximum Gasteiger partial charge on any atom is 0.101 e. The molecule has 1 saturated carbocycles. The molecule has 0 amide bonds. The largest absolute Gasteiger partial charge is 0.372 e. The van der Waals surface area contributed by atoms with Crippen LogP contribution in [-0.4, -0.2) is 19.1 Å². The maximum atomic E-state index is 8.86. The summed E-state index contributed by atoms with van der Waals surface area (Å²) in [5, 5.41) is 9.39. The molecule has 1 fully saturated rings. The first-order valence-electron chi connectivity index (χ1n) is 6.30. The second kappa shape index (κ2) is 5.60. The SMILES string of the molecule is CN(c1ccc(C#N)c(Cl)c1)[C@H]1CC[C@H](N)CC1. The molecule has 0 aromatic heterocycles. The number of nitrogens with two attached hydrogens (primary N) is 1. The lowest BCUT2D eigenvalue weighted by Crippen LogP contribution is -2.38. The Morgan fingerprint density at radius 3 is 2.56 bits per heavy atom. The Morgan fingerprint density at radius 2 is 2.00 bits per heavy atom. The average Bonchev–Trinajstić information content (AvgIpc) is 2.38. The number of rotatable bonds is 2. The van der Waals surface area contributed by atoms with E-state index in [-0.39, 0.29) is 0 Å². The highest BCUT2D eigenvalue weighted by Gasteiger charge is 2.22. The van der Waals surface area contributed by atoms with Gasteiger partial charge in [0, 0.05) is 24.8 Å². The second-order valence-electron chi connectivity index (χ2n) is 4.96. The first kappa shape index (κ1) is 13.2. The molecule has 0 atom stereocenters. The van der Waals surface area contributed by atoms with Crippen LogP contribution >= 0.6 is 11.6 Å². The quantitative estimate of drug-likeness (QED) is 0.893. The van der Waals surface area contributed by atoms with Crippen molar-refractivity contribution >= 4 is 17.3 Å². The number of hydrogen-bond donors (Lipinski definition) is 1. The van der Waals surface area contributed by atoms with E-state index in [1.165, 1.54) is 0 Å². The van der Waals surface area contributed by atoms with Crippen molar-refractivity contribution in [2.75, 3.05) is 11.9 Å². The third-order valence-corrected chi connectivity index (χ3v) is 4.08. The monoisotopic (exact) mass is 263 g/mol. The molecular formula is C14H18ClN3. The smallest absolute Gasteiger partial charge is 0.101 e. The minimum Gasteiger partial charge on any atom is -0.372 e. The maximum absolute atomic E-state index is 8.86. The Balaban J connectivity index is 2.11. The molecular weight excluding hydrogens is 246 g/mol. The molecule has 0 heterocycles. The zero-order chi connectivity index (χ0) is 13.1. The predicted molar refractivity (Wildman–Crippen MR) is 74.8 cm³/mol. The molecule has 1 aromatic carbocycles. The summed E-state index contributed by atoms with van der Waals surface area (Å²) >= 11 is 6.07. The van der Waals surface area contributed by atoms with Crippen LogP contribution < -0.4 is 10.6 Å². The van der Waals surface area contributed by atoms with E-state index in [9.17, 15) is 0 Å². The molecule has 0 bridgehead atoms. The van der Waals surface area contributed by atoms with Crippen LogP contribution in [-0.2, 0) is 0 Å². The van der Waals surface area contributed by atoms with Gasteiger partial charge in [-0.1, -0.05) is 11.6 Å². The van der Waals surface area contributed by atoms with Gasteiger partial charge in [0.05, 0.1) is 10.6 Å². The Bertz CT molecular complexity index is 459. The predicted octanol–water partition coefficient (Wildman–Crippen LogP) is 2.92. The van der Waals surface area contributed by atoms with Gasteiger partial charge in [0.25, 0.3) is 0 Å². The minimum absolute atomic E-state index is 0.360. The van der Waals surface area contributed by atoms with Crippen molar-refractivity contribution in [1.29, 1.82) is 5.26 Å². The van der Waals surface area contributed by atoms with Crippen LogP contribution in [0.2, 0.25) is 5.02 Å². The molecule has 0 aliphatic heterocycles. The standard InChI is InChI=1S/C14H18ClN3/c1-18(12-6-3-11(17)4-7-12)13-5-2-10(9-16)14(15)8-13/h2,5,8,11-12H,3-4,6-7,17H2,1H3/t11-,12-. The van der Waals surface area contributed by atoms with Gasteiger partial charge in [-0.3, -0.25) is 0 Å². The zero-order valence-corrected chi connectivity index (χ0v) is 11.3. The van der Waals surface area contributed by atoms with Gasteiger partial charge in [-0.05, 0) is 43.9 Å². The molecule has 96 valence electrons. The van der Waals surface area contributed by atoms with Crippen LogP contribution in [0.15, 0.2) is 18.2 Å². The summed E-state index contributed by atoms with van der Waals surface area (Å²) < 4.78 is 0. The molecule has 2 N–H and O–H groups in total. The van der Waals surface area contributed by atoms with Crippen LogP contribution in [0.1, 0.15) is 31.2 Å². The summed E-state index contributed by atoms with van der Waals surface area (Å²) in [5.74, 6) is 0. The van der Waals surface area contributed by atoms with Crippen LogP contribution in [0.25, 0.3) is 0 Å². The lowest BCUT2D eigenvalue weighted by molar-refractivity contribution is 0.385. The van der Waals surface area contributed by atoms with Gasteiger partial charge in [-0.15, -0.1) is 0 Å². The molecule has 18 heavy (non-hydrogen) atoms. The van der Waals surface area contributed by atoms with Gasteiger partial charge < -0.3 is 10.6 Å². The highest BCUT2D eigenvalue weighted by atomic mass is 35.5. The second-order valence-corrected chi connectivity index (χ2v) is 5.36. The number of hydrogen-bond acceptors (Lipinski definition) is 3. The molecule has 2 rings (SSSR count). The highest BCUT2D eigenvalue weighted by Crippen LogP contribution is 2.28. The van der Waals surface area contributed by atoms with E-state index in [4.69, 9.17) is 22.6 Å². The van der Waals surface area contributed by atoms with E-state index in [1.54, 1.807) is 6.07 Å². The number of benzene rings is 1. The van der Waals surface area contributed by atoms with Gasteiger partial charge in [-0.2, -0.15) is 5.26 Å². The fraction of sp³-hybridized carbons (Fsp3) is 0.500. The van der Waals surface area contributed by atoms with Crippen LogP contribution in [0.5, 0.6) is 0 Å². The van der Waals surface area contributed by atoms with Gasteiger partial charge >= 0.3 is 0 Å². The zero-order valence-electron chi connectivity index (χ0n) is 10.6. The fourth-order valence-electron chi connectivity index (χ4n) is 2.51. The van der Waals surface area contributed by atoms with Crippen molar-refractivity contribution in [2.24, 2.45) is 5.73 Å². The lowest BCUT2D eigenvalue weighted by atomic mass is 9.91. The Morgan fingerprint density at radius 1 is 1.33 bits per heavy atom. The average molecular weight is 264 g/mol. The van der Waals surface area contributed by atoms with Crippen LogP contribution in [0, 0.1) is 11.3 Å². The summed E-state index contributed by atoms with van der Waals surface area (Å²) in [6, 6.07) is 8.57. The molecule has 0 spiro atoms. The van der Waals surface area contributed by atoms with Crippen molar-refractivity contribution in [3.63, 3.8) is 0 Å². The van der Waals surface area contributed by atoms with E-state index in [2.05, 4.69) is 18.0 Å². The summed E-state index contributed by atoms with van der Waals surface area (Å²) in [5.41, 5.74) is 7.52. The van der Waals surface area contributed by atoms with Gasteiger partial charge in [0.15, 0.2) is 0 Å². The van der Waals surface area contributed by atoms with Gasteiger partial charge in [0.2, 0.25) is 0 Å². The first-order chi connectivity index (χ1) is 8.61. The molecule has 0 unspecified atom stereocenters. The first-order valence-corrected chi connectivity index (χ1v) is 6.67. The third-order valence-electron chi connectivity index (χ3n) is 3.77. The molecule has 1 aliphatic rings. The van der Waals surface area contributed by atoms with E-state index in [1.807, 2.05) is 12.1 Å². The number of halogens is 1. The Kier molecular flexibility index (Phi) is 4.11. The van der Waals surface area contributed by atoms with E-state index in [0.29, 0.717) is 22.7 Å². The topological polar surface area (TPSA) is 53.0 Å². The van der Waals surface area contributed by atoms with E-state index in [0.717, 1.165) is 31.4 Å². The molecule has 4 heteroatoms. The minimum atomic E-state index is 0.360. The summed E-state index contributed by atoms with van der Waals surface area (Å²) in [7, 11) is 2.08. The van der Waals surface area contributed by atoms with Crippen LogP contribution in [0.3, 0.4) is 0 Å². The summed E-state index contributed by atoms with van der Waals surface area (Å²) in [6.07, 6.45) is 4.41. The number of nitrogens with zero attached hydrogens (tertiary/aromatic N) is 2. The normalized spacial score (nSPS) is 23.4. The molecule has 1 aromatic rings. The molecule has 3 nitrogen and oxygen atoms in total. The van der Waals surface area contributed by atoms with Crippen LogP contribution in [0.4, 0.5) is 5.69 Å². The Labute approximate surface area is 113 Å². The third kappa shape index (κ3) is 2.77. The fourth-order valence-corrected chi connectivity index (χ4v) is 2.73. The molecule has 0 saturated heterocycles.